The molecule has 0 aliphatic carbocycles. The van der Waals surface area contributed by atoms with E-state index in [1.807, 2.05) is 6.92 Å². The van der Waals surface area contributed by atoms with Gasteiger partial charge in [-0.2, -0.15) is 0 Å². The average molecular weight is 382 g/mol. The highest BCUT2D eigenvalue weighted by molar-refractivity contribution is 7.05. The van der Waals surface area contributed by atoms with Gasteiger partial charge in [0.05, 0.1) is 23.1 Å². The number of nitrogens with one attached hydrogen (secondary N) is 1. The van der Waals surface area contributed by atoms with Crippen LogP contribution in [0.15, 0.2) is 0 Å². The highest BCUT2D eigenvalue weighted by atomic mass is 32.1. The topological polar surface area (TPSA) is 70.6 Å². The molecule has 1 aromatic rings. The highest BCUT2D eigenvalue weighted by Gasteiger charge is 2.31. The molecule has 0 saturated carbocycles. The number of hydrogen-bond donors (Lipinski definition) is 1. The lowest BCUT2D eigenvalue weighted by Crippen LogP contribution is -2.50. The fourth-order valence-electron chi connectivity index (χ4n) is 4.01. The minimum atomic E-state index is 0.129. The summed E-state index contributed by atoms with van der Waals surface area (Å²) in [5.74, 6) is 0.321. The monoisotopic (exact) mass is 381 g/mol. The summed E-state index contributed by atoms with van der Waals surface area (Å²) in [5.41, 5.74) is 1.07. The molecule has 146 valence electrons. The Balaban J connectivity index is 1.43. The summed E-state index contributed by atoms with van der Waals surface area (Å²) in [5, 5.41) is 7.11. The van der Waals surface area contributed by atoms with Gasteiger partial charge in [0.25, 0.3) is 0 Å². The number of hydrogen-bond acceptors (Lipinski definition) is 7. The lowest BCUT2D eigenvalue weighted by atomic mass is 9.93. The van der Waals surface area contributed by atoms with Crippen LogP contribution in [0.1, 0.15) is 36.3 Å². The van der Waals surface area contributed by atoms with Crippen molar-refractivity contribution in [2.45, 2.75) is 45.2 Å². The molecule has 0 aromatic carbocycles. The molecule has 1 N–H and O–H groups in total. The van der Waals surface area contributed by atoms with Gasteiger partial charge in [-0.05, 0) is 50.7 Å². The molecule has 2 fully saturated rings. The summed E-state index contributed by atoms with van der Waals surface area (Å²) < 4.78 is 9.05. The Labute approximate surface area is 160 Å². The zero-order valence-corrected chi connectivity index (χ0v) is 16.8. The number of piperidine rings is 2. The Hall–Kier alpha value is -1.09. The van der Waals surface area contributed by atoms with E-state index in [4.69, 9.17) is 4.74 Å². The van der Waals surface area contributed by atoms with Crippen molar-refractivity contribution in [3.63, 3.8) is 0 Å². The maximum atomic E-state index is 12.4. The molecular weight excluding hydrogens is 350 g/mol. The largest absolute Gasteiger partial charge is 0.383 e. The number of carbonyl (C=O) groups excluding carboxylic acids is 1. The number of likely N-dealkylation sites (tertiary alicyclic amines) is 2. The van der Waals surface area contributed by atoms with Crippen LogP contribution in [0.4, 0.5) is 0 Å². The molecule has 2 aliphatic heterocycles. The molecule has 2 aliphatic rings. The van der Waals surface area contributed by atoms with Gasteiger partial charge >= 0.3 is 0 Å². The standard InChI is InChI=1S/C18H31N5O2S/c1-14-17(26-21-20-14)13-22-9-5-16(6-10-22)23-8-3-4-15(12-23)18(24)19-7-11-25-2/h15-16H,3-13H2,1-2H3,(H,19,24). The van der Waals surface area contributed by atoms with E-state index in [1.54, 1.807) is 7.11 Å². The third-order valence-corrected chi connectivity index (χ3v) is 6.42. The Bertz CT molecular complexity index is 574. The van der Waals surface area contributed by atoms with Crippen LogP contribution in [0, 0.1) is 12.8 Å². The molecule has 26 heavy (non-hydrogen) atoms. The van der Waals surface area contributed by atoms with Crippen molar-refractivity contribution < 1.29 is 9.53 Å². The molecule has 7 nitrogen and oxygen atoms in total. The number of ether oxygens (including phenoxy) is 1. The van der Waals surface area contributed by atoms with Crippen LogP contribution in [-0.2, 0) is 16.1 Å². The zero-order valence-electron chi connectivity index (χ0n) is 15.9. The predicted octanol–water partition coefficient (Wildman–Crippen LogP) is 1.29. The molecule has 1 aromatic heterocycles. The van der Waals surface area contributed by atoms with Gasteiger partial charge in [0.2, 0.25) is 5.91 Å². The number of aryl methyl sites for hydroxylation is 1. The van der Waals surface area contributed by atoms with Crippen molar-refractivity contribution in [2.24, 2.45) is 5.92 Å². The molecule has 8 heteroatoms. The number of nitrogens with zero attached hydrogens (tertiary/aromatic N) is 4. The number of amides is 1. The Morgan fingerprint density at radius 3 is 2.81 bits per heavy atom. The van der Waals surface area contributed by atoms with Crippen LogP contribution < -0.4 is 5.32 Å². The minimum Gasteiger partial charge on any atom is -0.383 e. The van der Waals surface area contributed by atoms with E-state index < -0.39 is 0 Å². The Morgan fingerprint density at radius 1 is 1.31 bits per heavy atom. The van der Waals surface area contributed by atoms with Gasteiger partial charge in [0.1, 0.15) is 0 Å². The van der Waals surface area contributed by atoms with Gasteiger partial charge in [0, 0.05) is 45.9 Å². The van der Waals surface area contributed by atoms with Crippen LogP contribution in [0.25, 0.3) is 0 Å². The third kappa shape index (κ3) is 5.22. The predicted molar refractivity (Wildman–Crippen MR) is 102 cm³/mol. The molecule has 1 unspecified atom stereocenters. The maximum Gasteiger partial charge on any atom is 0.224 e. The second kappa shape index (κ2) is 9.73. The normalized spacial score (nSPS) is 23.2. The zero-order chi connectivity index (χ0) is 18.4. The molecule has 0 spiro atoms. The summed E-state index contributed by atoms with van der Waals surface area (Å²) >= 11 is 1.52. The number of carbonyl (C=O) groups is 1. The van der Waals surface area contributed by atoms with Crippen LogP contribution in [-0.4, -0.2) is 77.8 Å². The van der Waals surface area contributed by atoms with Crippen molar-refractivity contribution in [1.29, 1.82) is 0 Å². The van der Waals surface area contributed by atoms with E-state index in [2.05, 4.69) is 24.7 Å². The fourth-order valence-corrected chi connectivity index (χ4v) is 4.69. The first-order chi connectivity index (χ1) is 12.7. The van der Waals surface area contributed by atoms with Gasteiger partial charge in [0.15, 0.2) is 0 Å². The van der Waals surface area contributed by atoms with Crippen molar-refractivity contribution in [1.82, 2.24) is 24.7 Å². The molecule has 3 heterocycles. The van der Waals surface area contributed by atoms with E-state index in [0.717, 1.165) is 51.3 Å². The van der Waals surface area contributed by atoms with E-state index in [0.29, 0.717) is 19.2 Å². The van der Waals surface area contributed by atoms with Crippen molar-refractivity contribution in [3.05, 3.63) is 10.6 Å². The summed E-state index contributed by atoms with van der Waals surface area (Å²) in [7, 11) is 1.66. The molecule has 1 amide bonds. The minimum absolute atomic E-state index is 0.129. The Morgan fingerprint density at radius 2 is 2.12 bits per heavy atom. The quantitative estimate of drug-likeness (QED) is 0.718. The first kappa shape index (κ1) is 19.7. The molecule has 3 rings (SSSR count). The van der Waals surface area contributed by atoms with Crippen molar-refractivity contribution in [3.8, 4) is 0 Å². The van der Waals surface area contributed by atoms with Gasteiger partial charge in [-0.15, -0.1) is 5.10 Å². The van der Waals surface area contributed by atoms with Gasteiger partial charge in [-0.25, -0.2) is 0 Å². The van der Waals surface area contributed by atoms with Crippen LogP contribution in [0.2, 0.25) is 0 Å². The molecule has 1 atom stereocenters. The number of methoxy groups -OCH3 is 1. The summed E-state index contributed by atoms with van der Waals surface area (Å²) in [4.78, 5) is 18.7. The van der Waals surface area contributed by atoms with Crippen molar-refractivity contribution >= 4 is 17.4 Å². The molecular formula is C18H31N5O2S. The molecule has 2 saturated heterocycles. The second-order valence-electron chi connectivity index (χ2n) is 7.41. The van der Waals surface area contributed by atoms with Crippen LogP contribution in [0.5, 0.6) is 0 Å². The van der Waals surface area contributed by atoms with Crippen LogP contribution >= 0.6 is 11.5 Å². The number of aromatic nitrogens is 2. The van der Waals surface area contributed by atoms with Gasteiger partial charge in [-0.1, -0.05) is 4.49 Å². The molecule has 0 radical (unpaired) electrons. The lowest BCUT2D eigenvalue weighted by Gasteiger charge is -2.42. The van der Waals surface area contributed by atoms with Gasteiger partial charge in [-0.3, -0.25) is 14.6 Å². The first-order valence-corrected chi connectivity index (χ1v) is 10.5. The Kier molecular flexibility index (Phi) is 7.36. The third-order valence-electron chi connectivity index (χ3n) is 5.62. The van der Waals surface area contributed by atoms with Crippen molar-refractivity contribution in [2.75, 3.05) is 46.4 Å². The summed E-state index contributed by atoms with van der Waals surface area (Å²) in [6.07, 6.45) is 4.49. The van der Waals surface area contributed by atoms with E-state index in [-0.39, 0.29) is 11.8 Å². The summed E-state index contributed by atoms with van der Waals surface area (Å²) in [6, 6.07) is 0.613. The lowest BCUT2D eigenvalue weighted by molar-refractivity contribution is -0.127. The average Bonchev–Trinajstić information content (AvgIpc) is 3.07. The van der Waals surface area contributed by atoms with Gasteiger partial charge < -0.3 is 10.1 Å². The van der Waals surface area contributed by atoms with E-state index >= 15 is 0 Å². The van der Waals surface area contributed by atoms with Crippen LogP contribution in [0.3, 0.4) is 0 Å². The first-order valence-electron chi connectivity index (χ1n) is 9.68. The molecule has 0 bridgehead atoms. The fraction of sp³-hybridized carbons (Fsp3) is 0.833. The van der Waals surface area contributed by atoms with E-state index in [1.165, 1.54) is 29.3 Å². The smallest absolute Gasteiger partial charge is 0.224 e. The second-order valence-corrected chi connectivity index (χ2v) is 8.25. The maximum absolute atomic E-state index is 12.4. The SMILES string of the molecule is COCCNC(=O)C1CCCN(C2CCN(Cc3snnc3C)CC2)C1. The van der Waals surface area contributed by atoms with E-state index in [9.17, 15) is 4.79 Å². The highest BCUT2D eigenvalue weighted by Crippen LogP contribution is 2.25. The summed E-state index contributed by atoms with van der Waals surface area (Å²) in [6.45, 7) is 8.46. The number of rotatable bonds is 7.